The van der Waals surface area contributed by atoms with Gasteiger partial charge in [-0.15, -0.1) is 0 Å². The maximum absolute atomic E-state index is 9.15. The van der Waals surface area contributed by atoms with Crippen LogP contribution >= 0.6 is 12.2 Å². The summed E-state index contributed by atoms with van der Waals surface area (Å²) in [6, 6.07) is 16.2. The van der Waals surface area contributed by atoms with Gasteiger partial charge in [0.25, 0.3) is 0 Å². The smallest absolute Gasteiger partial charge is 0.187 e. The summed E-state index contributed by atoms with van der Waals surface area (Å²) >= 11 is 5.23. The van der Waals surface area contributed by atoms with Gasteiger partial charge < -0.3 is 15.3 Å². The number of rotatable bonds is 8. The molecular formula is C20H26N4OS. The Morgan fingerprint density at radius 1 is 1.23 bits per heavy atom. The zero-order valence-corrected chi connectivity index (χ0v) is 16.1. The summed E-state index contributed by atoms with van der Waals surface area (Å²) in [7, 11) is 0. The molecule has 0 atom stereocenters. The molecule has 0 aromatic heterocycles. The van der Waals surface area contributed by atoms with Gasteiger partial charge in [-0.1, -0.05) is 36.4 Å². The molecule has 0 unspecified atom stereocenters. The molecule has 0 fully saturated rings. The van der Waals surface area contributed by atoms with Gasteiger partial charge >= 0.3 is 0 Å². The average molecular weight is 371 g/mol. The monoisotopic (exact) mass is 370 g/mol. The molecule has 0 aliphatic heterocycles. The molecule has 0 spiro atoms. The lowest BCUT2D eigenvalue weighted by Gasteiger charge is -2.22. The van der Waals surface area contributed by atoms with E-state index in [4.69, 9.17) is 17.3 Å². The fraction of sp³-hybridized carbons (Fsp3) is 0.300. The van der Waals surface area contributed by atoms with Crippen molar-refractivity contribution in [2.45, 2.75) is 20.4 Å². The first kappa shape index (κ1) is 19.9. The van der Waals surface area contributed by atoms with Crippen LogP contribution in [0.4, 0.5) is 5.69 Å². The fourth-order valence-corrected chi connectivity index (χ4v) is 2.69. The molecule has 2 rings (SSSR count). The average Bonchev–Trinajstić information content (AvgIpc) is 2.66. The van der Waals surface area contributed by atoms with Gasteiger partial charge in [0, 0.05) is 25.3 Å². The van der Waals surface area contributed by atoms with Crippen LogP contribution in [-0.4, -0.2) is 36.1 Å². The van der Waals surface area contributed by atoms with Crippen molar-refractivity contribution in [3.05, 3.63) is 65.2 Å². The third kappa shape index (κ3) is 6.13. The van der Waals surface area contributed by atoms with E-state index in [-0.39, 0.29) is 6.61 Å². The Kier molecular flexibility index (Phi) is 8.05. The van der Waals surface area contributed by atoms with E-state index in [1.165, 1.54) is 0 Å². The Morgan fingerprint density at radius 2 is 2.00 bits per heavy atom. The van der Waals surface area contributed by atoms with Crippen LogP contribution in [0.1, 0.15) is 23.6 Å². The predicted molar refractivity (Wildman–Crippen MR) is 113 cm³/mol. The zero-order chi connectivity index (χ0) is 18.8. The number of aliphatic hydroxyl groups excluding tert-OH is 1. The first-order valence-corrected chi connectivity index (χ1v) is 9.12. The maximum atomic E-state index is 9.15. The van der Waals surface area contributed by atoms with Gasteiger partial charge in [-0.2, -0.15) is 5.10 Å². The summed E-state index contributed by atoms with van der Waals surface area (Å²) in [5.74, 6) is 0. The Bertz CT molecular complexity index is 734. The molecule has 0 aliphatic carbocycles. The SMILES string of the molecule is CCN(CCO)c1ccc(/C=N\NC(=S)NCc2ccccc2)c(C)c1. The Hall–Kier alpha value is -2.44. The molecule has 26 heavy (non-hydrogen) atoms. The van der Waals surface area contributed by atoms with Crippen molar-refractivity contribution >= 4 is 29.2 Å². The molecule has 5 nitrogen and oxygen atoms in total. The normalized spacial score (nSPS) is 10.7. The number of benzene rings is 2. The second kappa shape index (κ2) is 10.5. The molecule has 0 saturated carbocycles. The van der Waals surface area contributed by atoms with Crippen LogP contribution in [-0.2, 0) is 6.54 Å². The van der Waals surface area contributed by atoms with E-state index in [9.17, 15) is 0 Å². The number of aliphatic hydroxyl groups is 1. The molecule has 0 amide bonds. The number of nitrogens with zero attached hydrogens (tertiary/aromatic N) is 2. The lowest BCUT2D eigenvalue weighted by atomic mass is 10.1. The van der Waals surface area contributed by atoms with Crippen LogP contribution in [0.25, 0.3) is 0 Å². The number of hydrogen-bond acceptors (Lipinski definition) is 4. The van der Waals surface area contributed by atoms with E-state index in [1.54, 1.807) is 6.21 Å². The van der Waals surface area contributed by atoms with Gasteiger partial charge in [0.1, 0.15) is 0 Å². The molecule has 0 saturated heterocycles. The number of thiocarbonyl (C=S) groups is 1. The minimum absolute atomic E-state index is 0.146. The molecule has 2 aromatic rings. The van der Waals surface area contributed by atoms with Gasteiger partial charge in [-0.3, -0.25) is 5.43 Å². The van der Waals surface area contributed by atoms with Crippen molar-refractivity contribution in [2.75, 3.05) is 24.6 Å². The van der Waals surface area contributed by atoms with E-state index in [0.29, 0.717) is 18.2 Å². The Balaban J connectivity index is 1.88. The fourth-order valence-electron chi connectivity index (χ4n) is 2.57. The second-order valence-corrected chi connectivity index (χ2v) is 6.29. The standard InChI is InChI=1S/C20H26N4OS/c1-3-24(11-12-25)19-10-9-18(16(2)13-19)15-22-23-20(26)21-14-17-7-5-4-6-8-17/h4-10,13,15,25H,3,11-12,14H2,1-2H3,(H2,21,23,26)/b22-15-. The van der Waals surface area contributed by atoms with Gasteiger partial charge in [0.15, 0.2) is 5.11 Å². The predicted octanol–water partition coefficient (Wildman–Crippen LogP) is 2.81. The van der Waals surface area contributed by atoms with Gasteiger partial charge in [-0.25, -0.2) is 0 Å². The highest BCUT2D eigenvalue weighted by molar-refractivity contribution is 7.80. The molecule has 138 valence electrons. The third-order valence-corrected chi connectivity index (χ3v) is 4.27. The molecule has 2 aromatic carbocycles. The first-order chi connectivity index (χ1) is 12.6. The molecule has 0 radical (unpaired) electrons. The summed E-state index contributed by atoms with van der Waals surface area (Å²) in [5.41, 5.74) is 7.25. The number of hydrogen-bond donors (Lipinski definition) is 3. The van der Waals surface area contributed by atoms with Crippen molar-refractivity contribution < 1.29 is 5.11 Å². The molecule has 0 aliphatic rings. The topological polar surface area (TPSA) is 59.9 Å². The molecular weight excluding hydrogens is 344 g/mol. The van der Waals surface area contributed by atoms with E-state index in [1.807, 2.05) is 49.4 Å². The van der Waals surface area contributed by atoms with Crippen LogP contribution in [0.5, 0.6) is 0 Å². The summed E-state index contributed by atoms with van der Waals surface area (Å²) in [5, 5.41) is 17.0. The number of nitrogens with one attached hydrogen (secondary N) is 2. The summed E-state index contributed by atoms with van der Waals surface area (Å²) in [6.07, 6.45) is 1.76. The zero-order valence-electron chi connectivity index (χ0n) is 15.3. The molecule has 0 bridgehead atoms. The van der Waals surface area contributed by atoms with E-state index < -0.39 is 0 Å². The van der Waals surface area contributed by atoms with Crippen LogP contribution in [0.3, 0.4) is 0 Å². The van der Waals surface area contributed by atoms with E-state index in [0.717, 1.165) is 28.9 Å². The summed E-state index contributed by atoms with van der Waals surface area (Å²) in [6.45, 7) is 6.42. The Morgan fingerprint density at radius 3 is 2.65 bits per heavy atom. The van der Waals surface area contributed by atoms with Gasteiger partial charge in [-0.05, 0) is 54.9 Å². The van der Waals surface area contributed by atoms with Crippen LogP contribution < -0.4 is 15.6 Å². The van der Waals surface area contributed by atoms with Gasteiger partial charge in [0.2, 0.25) is 0 Å². The summed E-state index contributed by atoms with van der Waals surface area (Å²) < 4.78 is 0. The Labute approximate surface area is 160 Å². The van der Waals surface area contributed by atoms with Crippen molar-refractivity contribution in [1.82, 2.24) is 10.7 Å². The number of aryl methyl sites for hydroxylation is 1. The van der Waals surface area contributed by atoms with Crippen LogP contribution in [0.15, 0.2) is 53.6 Å². The summed E-state index contributed by atoms with van der Waals surface area (Å²) in [4.78, 5) is 2.13. The van der Waals surface area contributed by atoms with Gasteiger partial charge in [0.05, 0.1) is 12.8 Å². The quantitative estimate of drug-likeness (QED) is 0.379. The highest BCUT2D eigenvalue weighted by Crippen LogP contribution is 2.18. The number of likely N-dealkylation sites (N-methyl/N-ethyl adjacent to an activating group) is 1. The van der Waals surface area contributed by atoms with E-state index in [2.05, 4.69) is 33.7 Å². The third-order valence-electron chi connectivity index (χ3n) is 4.04. The lowest BCUT2D eigenvalue weighted by Crippen LogP contribution is -2.31. The first-order valence-electron chi connectivity index (χ1n) is 8.71. The second-order valence-electron chi connectivity index (χ2n) is 5.88. The van der Waals surface area contributed by atoms with Crippen molar-refractivity contribution in [1.29, 1.82) is 0 Å². The molecule has 3 N–H and O–H groups in total. The van der Waals surface area contributed by atoms with Crippen LogP contribution in [0.2, 0.25) is 0 Å². The largest absolute Gasteiger partial charge is 0.395 e. The maximum Gasteiger partial charge on any atom is 0.187 e. The highest BCUT2D eigenvalue weighted by atomic mass is 32.1. The van der Waals surface area contributed by atoms with Crippen molar-refractivity contribution in [2.24, 2.45) is 5.10 Å². The van der Waals surface area contributed by atoms with Crippen molar-refractivity contribution in [3.63, 3.8) is 0 Å². The highest BCUT2D eigenvalue weighted by Gasteiger charge is 2.05. The molecule has 0 heterocycles. The number of anilines is 1. The van der Waals surface area contributed by atoms with Crippen molar-refractivity contribution in [3.8, 4) is 0 Å². The minimum atomic E-state index is 0.146. The lowest BCUT2D eigenvalue weighted by molar-refractivity contribution is 0.302. The number of hydrazone groups is 1. The van der Waals surface area contributed by atoms with Crippen LogP contribution in [0, 0.1) is 6.92 Å². The minimum Gasteiger partial charge on any atom is -0.395 e. The molecule has 6 heteroatoms. The van der Waals surface area contributed by atoms with E-state index >= 15 is 0 Å².